The SMILES string of the molecule is CC1(C)c2ccccc2-c2cc3c(cc21)c1ncccc1n3-c1ccc(-c2nnc(-c3ccccc3)o2)cc1.CC1(C)c2ccccc2-c2cc3c(cc21)c1ncccc1n3-c1ccc(-n2c(-c3ccccc3)nc3ccccc32)cc1.CC1(C)c2ccccc2-c2cc3c(cc21)c1ncccc1n3-c1cccc(-c2ccncc2)n1. The van der Waals surface area contributed by atoms with Crippen molar-refractivity contribution < 1.29 is 4.42 Å². The number of imidazole rings is 1. The number of hydrogen-bond donors (Lipinski definition) is 0. The number of pyridine rings is 5. The lowest BCUT2D eigenvalue weighted by Crippen LogP contribution is -2.14. The Kier molecular flexibility index (Phi) is 15.3. The summed E-state index contributed by atoms with van der Waals surface area (Å²) in [6, 6.07) is 109. The second-order valence-corrected chi connectivity index (χ2v) is 32.0. The van der Waals surface area contributed by atoms with Crippen molar-refractivity contribution in [1.82, 2.24) is 58.4 Å². The van der Waals surface area contributed by atoms with Crippen LogP contribution in [0.25, 0.3) is 179 Å². The van der Waals surface area contributed by atoms with E-state index in [0.29, 0.717) is 11.8 Å². The molecule has 0 saturated carbocycles. The van der Waals surface area contributed by atoms with Gasteiger partial charge in [-0.2, -0.15) is 0 Å². The lowest BCUT2D eigenvalue weighted by molar-refractivity contribution is 0.584. The van der Waals surface area contributed by atoms with Gasteiger partial charge in [0.1, 0.15) is 11.6 Å². The van der Waals surface area contributed by atoms with E-state index in [1.807, 2.05) is 110 Å². The topological polar surface area (TPSA) is 136 Å². The highest BCUT2D eigenvalue weighted by atomic mass is 16.4. The number of aromatic nitrogens is 12. The largest absolute Gasteiger partial charge is 0.416 e. The molecular weight excluding hydrogens is 1420 g/mol. The molecule has 116 heavy (non-hydrogen) atoms. The molecule has 0 aliphatic heterocycles. The van der Waals surface area contributed by atoms with Crippen LogP contribution in [0.4, 0.5) is 0 Å². The van der Waals surface area contributed by atoms with E-state index in [4.69, 9.17) is 29.3 Å². The van der Waals surface area contributed by atoms with E-state index >= 15 is 0 Å². The summed E-state index contributed by atoms with van der Waals surface area (Å²) in [4.78, 5) is 28.7. The minimum atomic E-state index is -0.0619. The van der Waals surface area contributed by atoms with Gasteiger partial charge in [-0.05, 0) is 237 Å². The molecule has 552 valence electrons. The maximum Gasteiger partial charge on any atom is 0.248 e. The lowest BCUT2D eigenvalue weighted by atomic mass is 9.82. The van der Waals surface area contributed by atoms with Gasteiger partial charge in [-0.15, -0.1) is 10.2 Å². The smallest absolute Gasteiger partial charge is 0.248 e. The summed E-state index contributed by atoms with van der Waals surface area (Å²) in [5.74, 6) is 2.83. The lowest BCUT2D eigenvalue weighted by Gasteiger charge is -2.21. The van der Waals surface area contributed by atoms with Crippen LogP contribution >= 0.6 is 0 Å². The summed E-state index contributed by atoms with van der Waals surface area (Å²) in [5.41, 5.74) is 35.8. The number of hydrogen-bond acceptors (Lipinski definition) is 9. The number of para-hydroxylation sites is 2. The Morgan fingerprint density at radius 3 is 1.16 bits per heavy atom. The average molecular weight is 1500 g/mol. The zero-order valence-corrected chi connectivity index (χ0v) is 64.6. The van der Waals surface area contributed by atoms with Crippen molar-refractivity contribution in [3.63, 3.8) is 0 Å². The predicted molar refractivity (Wildman–Crippen MR) is 468 cm³/mol. The van der Waals surface area contributed by atoms with Gasteiger partial charge < -0.3 is 13.6 Å². The highest BCUT2D eigenvalue weighted by Crippen LogP contribution is 2.55. The van der Waals surface area contributed by atoms with Crippen molar-refractivity contribution >= 4 is 76.8 Å². The third-order valence-electron chi connectivity index (χ3n) is 24.4. The molecule has 0 saturated heterocycles. The van der Waals surface area contributed by atoms with Crippen molar-refractivity contribution in [2.45, 2.75) is 57.8 Å². The Morgan fingerprint density at radius 1 is 0.267 bits per heavy atom. The Hall–Kier alpha value is -14.8. The van der Waals surface area contributed by atoms with Gasteiger partial charge in [-0.3, -0.25) is 29.1 Å². The Morgan fingerprint density at radius 2 is 0.664 bits per heavy atom. The fourth-order valence-corrected chi connectivity index (χ4v) is 18.7. The van der Waals surface area contributed by atoms with Crippen LogP contribution in [0.15, 0.2) is 345 Å². The van der Waals surface area contributed by atoms with Gasteiger partial charge in [0.2, 0.25) is 11.8 Å². The van der Waals surface area contributed by atoms with Gasteiger partial charge in [0.25, 0.3) is 0 Å². The highest BCUT2D eigenvalue weighted by molar-refractivity contribution is 6.12. The van der Waals surface area contributed by atoms with Crippen LogP contribution in [-0.2, 0) is 16.2 Å². The molecule has 0 amide bonds. The van der Waals surface area contributed by atoms with Crippen molar-refractivity contribution in [3.05, 3.63) is 374 Å². The maximum absolute atomic E-state index is 5.99. The monoisotopic (exact) mass is 1490 g/mol. The number of fused-ring (bicyclic) bond motifs is 19. The first-order valence-electron chi connectivity index (χ1n) is 39.4. The summed E-state index contributed by atoms with van der Waals surface area (Å²) in [5, 5.41) is 12.1. The molecule has 0 unspecified atom stereocenters. The van der Waals surface area contributed by atoms with Gasteiger partial charge in [-0.25, -0.2) is 9.97 Å². The molecule has 21 aromatic rings. The third-order valence-corrected chi connectivity index (χ3v) is 24.4. The molecule has 0 radical (unpaired) electrons. The first-order chi connectivity index (χ1) is 56.8. The van der Waals surface area contributed by atoms with Gasteiger partial charge >= 0.3 is 0 Å². The summed E-state index contributed by atoms with van der Waals surface area (Å²) < 4.78 is 15.2. The molecule has 10 aromatic heterocycles. The number of rotatable bonds is 8. The van der Waals surface area contributed by atoms with E-state index in [1.54, 1.807) is 12.4 Å². The molecule has 0 atom stereocenters. The van der Waals surface area contributed by atoms with Crippen LogP contribution in [0.1, 0.15) is 74.9 Å². The second kappa shape index (κ2) is 26.1. The number of nitrogens with zero attached hydrogens (tertiary/aromatic N) is 12. The van der Waals surface area contributed by atoms with Crippen LogP contribution in [0.3, 0.4) is 0 Å². The van der Waals surface area contributed by atoms with Crippen LogP contribution in [0.2, 0.25) is 0 Å². The first kappa shape index (κ1) is 68.0. The van der Waals surface area contributed by atoms with E-state index in [9.17, 15) is 0 Å². The quantitative estimate of drug-likeness (QED) is 0.146. The fraction of sp³-hybridized carbons (Fsp3) is 0.0874. The van der Waals surface area contributed by atoms with E-state index < -0.39 is 0 Å². The Balaban J connectivity index is 0.000000106. The fourth-order valence-electron chi connectivity index (χ4n) is 18.7. The third kappa shape index (κ3) is 10.5. The molecule has 3 aliphatic carbocycles. The molecule has 11 aromatic carbocycles. The summed E-state index contributed by atoms with van der Waals surface area (Å²) >= 11 is 0. The summed E-state index contributed by atoms with van der Waals surface area (Å²) in [6.07, 6.45) is 9.26. The van der Waals surface area contributed by atoms with E-state index in [1.165, 1.54) is 83.1 Å². The zero-order chi connectivity index (χ0) is 77.7. The number of benzene rings is 11. The van der Waals surface area contributed by atoms with Gasteiger partial charge in [0.15, 0.2) is 0 Å². The van der Waals surface area contributed by atoms with Crippen LogP contribution < -0.4 is 0 Å². The van der Waals surface area contributed by atoms with Crippen LogP contribution in [0, 0.1) is 0 Å². The minimum absolute atomic E-state index is 0.0527. The molecule has 13 heteroatoms. The minimum Gasteiger partial charge on any atom is -0.416 e. The second-order valence-electron chi connectivity index (χ2n) is 32.0. The molecule has 0 fully saturated rings. The van der Waals surface area contributed by atoms with E-state index in [2.05, 4.69) is 293 Å². The molecule has 24 rings (SSSR count). The average Bonchev–Trinajstić information content (AvgIpc) is 1.56. The maximum atomic E-state index is 5.99. The normalized spacial score (nSPS) is 13.6. The van der Waals surface area contributed by atoms with Crippen molar-refractivity contribution in [2.75, 3.05) is 0 Å². The molecule has 0 spiro atoms. The zero-order valence-electron chi connectivity index (χ0n) is 64.6. The van der Waals surface area contributed by atoms with Crippen molar-refractivity contribution in [1.29, 1.82) is 0 Å². The van der Waals surface area contributed by atoms with Gasteiger partial charge in [0, 0.05) is 103 Å². The summed E-state index contributed by atoms with van der Waals surface area (Å²) in [6.45, 7) is 13.9. The predicted octanol–water partition coefficient (Wildman–Crippen LogP) is 24.6. The van der Waals surface area contributed by atoms with Gasteiger partial charge in [0.05, 0.1) is 66.4 Å². The van der Waals surface area contributed by atoms with Crippen molar-refractivity contribution in [3.8, 4) is 102 Å². The Labute approximate surface area is 668 Å². The standard InChI is InChI=1S/C39H28N4.C34H24N4O.C30H22N4/c1-39(2)31-14-7-6-13-28(31)29-24-36-30(23-32(29)39)37-35(17-10-22-40-37)42(36)26-18-20-27(21-19-26)43-34-16-9-8-15-33(34)41-38(43)25-11-4-3-5-12-25;1-34(2)27-12-7-6-11-24(27)25-20-30-26(19-28(25)34)31-29(13-8-18-35-31)38(30)23-16-14-22(15-17-23)33-37-36-32(39-33)21-9-4-3-5-10-21;1-30(2)23-8-4-3-7-20(23)21-18-27-22(17-24(21)30)29-26(10-6-14-32-29)34(27)28-11-5-9-25(33-28)19-12-15-31-16-13-19/h3-24H,1-2H3;3-20H,1-2H3;3-18H,1-2H3. The molecule has 0 N–H and O–H groups in total. The van der Waals surface area contributed by atoms with E-state index in [0.717, 1.165) is 117 Å². The molecular formula is C103H74N12O. The molecule has 10 heterocycles. The Bertz CT molecular complexity index is 7530. The highest BCUT2D eigenvalue weighted by Gasteiger charge is 2.40. The van der Waals surface area contributed by atoms with E-state index in [-0.39, 0.29) is 16.2 Å². The van der Waals surface area contributed by atoms with Crippen LogP contribution in [0.5, 0.6) is 0 Å². The summed E-state index contributed by atoms with van der Waals surface area (Å²) in [7, 11) is 0. The van der Waals surface area contributed by atoms with Crippen LogP contribution in [-0.4, -0.2) is 58.4 Å². The van der Waals surface area contributed by atoms with Gasteiger partial charge in [-0.1, -0.05) is 181 Å². The molecule has 3 aliphatic rings. The first-order valence-corrected chi connectivity index (χ1v) is 39.4. The van der Waals surface area contributed by atoms with Crippen molar-refractivity contribution in [2.24, 2.45) is 0 Å². The molecule has 13 nitrogen and oxygen atoms in total. The molecule has 0 bridgehead atoms.